The van der Waals surface area contributed by atoms with Crippen molar-refractivity contribution >= 4 is 5.96 Å². The number of aliphatic imine (C=N–C) groups is 1. The number of rotatable bonds is 4. The van der Waals surface area contributed by atoms with Gasteiger partial charge in [0, 0.05) is 39.3 Å². The lowest BCUT2D eigenvalue weighted by Crippen LogP contribution is -2.48. The highest BCUT2D eigenvalue weighted by Gasteiger charge is 2.32. The minimum absolute atomic E-state index is 0.353. The first kappa shape index (κ1) is 17.3. The van der Waals surface area contributed by atoms with E-state index >= 15 is 0 Å². The Morgan fingerprint density at radius 2 is 2.21 bits per heavy atom. The van der Waals surface area contributed by atoms with Gasteiger partial charge in [0.15, 0.2) is 5.96 Å². The number of morpholine rings is 1. The van der Waals surface area contributed by atoms with Gasteiger partial charge in [0.25, 0.3) is 0 Å². The SMILES string of the molecule is CN=C(NCC(C)(O)c1ccco1)N1CCC(N2CCOCC2)C1. The smallest absolute Gasteiger partial charge is 0.193 e. The van der Waals surface area contributed by atoms with Crippen LogP contribution in [0, 0.1) is 0 Å². The van der Waals surface area contributed by atoms with Gasteiger partial charge in [-0.15, -0.1) is 0 Å². The Labute approximate surface area is 143 Å². The first-order valence-electron chi connectivity index (χ1n) is 8.64. The predicted molar refractivity (Wildman–Crippen MR) is 92.0 cm³/mol. The number of guanidine groups is 1. The molecule has 7 heteroatoms. The fourth-order valence-electron chi connectivity index (χ4n) is 3.43. The van der Waals surface area contributed by atoms with Crippen molar-refractivity contribution in [2.75, 3.05) is 53.0 Å². The van der Waals surface area contributed by atoms with Crippen molar-refractivity contribution in [1.29, 1.82) is 0 Å². The molecule has 0 saturated carbocycles. The van der Waals surface area contributed by atoms with Gasteiger partial charge in [0.1, 0.15) is 11.4 Å². The summed E-state index contributed by atoms with van der Waals surface area (Å²) >= 11 is 0. The van der Waals surface area contributed by atoms with E-state index in [2.05, 4.69) is 20.1 Å². The van der Waals surface area contributed by atoms with Crippen LogP contribution in [0.4, 0.5) is 0 Å². The molecule has 0 aliphatic carbocycles. The van der Waals surface area contributed by atoms with E-state index in [1.165, 1.54) is 0 Å². The van der Waals surface area contributed by atoms with E-state index in [0.717, 1.165) is 51.8 Å². The molecule has 2 saturated heterocycles. The summed E-state index contributed by atoms with van der Waals surface area (Å²) in [6, 6.07) is 4.12. The highest BCUT2D eigenvalue weighted by molar-refractivity contribution is 5.80. The maximum atomic E-state index is 10.6. The maximum Gasteiger partial charge on any atom is 0.193 e. The van der Waals surface area contributed by atoms with Gasteiger partial charge in [-0.3, -0.25) is 9.89 Å². The molecule has 24 heavy (non-hydrogen) atoms. The molecule has 0 radical (unpaired) electrons. The van der Waals surface area contributed by atoms with Crippen LogP contribution in [0.5, 0.6) is 0 Å². The lowest BCUT2D eigenvalue weighted by Gasteiger charge is -2.32. The first-order valence-corrected chi connectivity index (χ1v) is 8.64. The molecule has 3 rings (SSSR count). The Morgan fingerprint density at radius 1 is 1.42 bits per heavy atom. The van der Waals surface area contributed by atoms with E-state index in [9.17, 15) is 5.11 Å². The van der Waals surface area contributed by atoms with Crippen LogP contribution >= 0.6 is 0 Å². The highest BCUT2D eigenvalue weighted by atomic mass is 16.5. The third-order valence-electron chi connectivity index (χ3n) is 4.88. The average Bonchev–Trinajstić information content (AvgIpc) is 3.29. The minimum atomic E-state index is -1.07. The largest absolute Gasteiger partial charge is 0.466 e. The normalized spacial score (nSPS) is 25.7. The van der Waals surface area contributed by atoms with E-state index in [1.807, 2.05) is 0 Å². The van der Waals surface area contributed by atoms with E-state index in [-0.39, 0.29) is 0 Å². The Kier molecular flexibility index (Phi) is 5.43. The van der Waals surface area contributed by atoms with Gasteiger partial charge < -0.3 is 24.5 Å². The molecule has 0 amide bonds. The van der Waals surface area contributed by atoms with Crippen molar-refractivity contribution in [2.45, 2.75) is 25.0 Å². The molecule has 2 fully saturated rings. The fourth-order valence-corrected chi connectivity index (χ4v) is 3.43. The molecule has 3 heterocycles. The average molecular weight is 336 g/mol. The Morgan fingerprint density at radius 3 is 2.88 bits per heavy atom. The molecular formula is C17H28N4O3. The summed E-state index contributed by atoms with van der Waals surface area (Å²) in [6.45, 7) is 7.71. The number of likely N-dealkylation sites (tertiary alicyclic amines) is 1. The molecule has 0 aromatic carbocycles. The molecule has 134 valence electrons. The number of nitrogens with one attached hydrogen (secondary N) is 1. The van der Waals surface area contributed by atoms with Gasteiger partial charge in [-0.1, -0.05) is 0 Å². The van der Waals surface area contributed by atoms with Crippen LogP contribution in [0.2, 0.25) is 0 Å². The second kappa shape index (κ2) is 7.55. The summed E-state index contributed by atoms with van der Waals surface area (Å²) < 4.78 is 10.8. The second-order valence-electron chi connectivity index (χ2n) is 6.69. The minimum Gasteiger partial charge on any atom is -0.466 e. The molecule has 2 atom stereocenters. The standard InChI is InChI=1S/C17H28N4O3/c1-17(22,15-4-3-9-24-15)13-19-16(18-2)21-6-5-14(12-21)20-7-10-23-11-8-20/h3-4,9,14,22H,5-8,10-13H2,1-2H3,(H,18,19). The molecule has 2 N–H and O–H groups in total. The first-order chi connectivity index (χ1) is 11.6. The number of hydrogen-bond donors (Lipinski definition) is 2. The second-order valence-corrected chi connectivity index (χ2v) is 6.69. The van der Waals surface area contributed by atoms with Gasteiger partial charge >= 0.3 is 0 Å². The predicted octanol–water partition coefficient (Wildman–Crippen LogP) is 0.469. The van der Waals surface area contributed by atoms with Crippen molar-refractivity contribution < 1.29 is 14.3 Å². The molecule has 7 nitrogen and oxygen atoms in total. The fraction of sp³-hybridized carbons (Fsp3) is 0.706. The van der Waals surface area contributed by atoms with Crippen LogP contribution < -0.4 is 5.32 Å². The molecule has 1 aromatic rings. The topological polar surface area (TPSA) is 73.5 Å². The van der Waals surface area contributed by atoms with Gasteiger partial charge in [-0.05, 0) is 25.5 Å². The summed E-state index contributed by atoms with van der Waals surface area (Å²) in [5.74, 6) is 1.38. The maximum absolute atomic E-state index is 10.6. The number of ether oxygens (including phenoxy) is 1. The van der Waals surface area contributed by atoms with Crippen molar-refractivity contribution in [3.63, 3.8) is 0 Å². The molecule has 2 aliphatic heterocycles. The summed E-state index contributed by atoms with van der Waals surface area (Å²) in [7, 11) is 1.78. The highest BCUT2D eigenvalue weighted by Crippen LogP contribution is 2.21. The third-order valence-corrected chi connectivity index (χ3v) is 4.88. The van der Waals surface area contributed by atoms with Gasteiger partial charge in [-0.2, -0.15) is 0 Å². The number of aliphatic hydroxyl groups is 1. The number of hydrogen-bond acceptors (Lipinski definition) is 5. The summed E-state index contributed by atoms with van der Waals surface area (Å²) in [5, 5.41) is 13.9. The van der Waals surface area contributed by atoms with Gasteiger partial charge in [0.05, 0.1) is 26.0 Å². The van der Waals surface area contributed by atoms with Crippen LogP contribution in [0.1, 0.15) is 19.1 Å². The lowest BCUT2D eigenvalue weighted by molar-refractivity contribution is 0.0193. The molecule has 0 spiro atoms. The van der Waals surface area contributed by atoms with Gasteiger partial charge in [-0.25, -0.2) is 0 Å². The summed E-state index contributed by atoms with van der Waals surface area (Å²) in [6.07, 6.45) is 2.71. The third kappa shape index (κ3) is 3.91. The summed E-state index contributed by atoms with van der Waals surface area (Å²) in [5.41, 5.74) is -1.07. The van der Waals surface area contributed by atoms with Crippen molar-refractivity contribution in [2.24, 2.45) is 4.99 Å². The zero-order chi connectivity index (χ0) is 17.0. The lowest BCUT2D eigenvalue weighted by atomic mass is 10.0. The van der Waals surface area contributed by atoms with Crippen molar-refractivity contribution in [3.05, 3.63) is 24.2 Å². The Balaban J connectivity index is 1.53. The quantitative estimate of drug-likeness (QED) is 0.615. The number of furan rings is 1. The van der Waals surface area contributed by atoms with E-state index < -0.39 is 5.60 Å². The van der Waals surface area contributed by atoms with Crippen LogP contribution in [0.15, 0.2) is 27.8 Å². The van der Waals surface area contributed by atoms with Crippen molar-refractivity contribution in [3.8, 4) is 0 Å². The molecular weight excluding hydrogens is 308 g/mol. The Hall–Kier alpha value is -1.57. The molecule has 1 aromatic heterocycles. The molecule has 0 bridgehead atoms. The van der Waals surface area contributed by atoms with E-state index in [1.54, 1.807) is 32.4 Å². The van der Waals surface area contributed by atoms with Crippen LogP contribution in [-0.4, -0.2) is 79.9 Å². The van der Waals surface area contributed by atoms with Crippen LogP contribution in [-0.2, 0) is 10.3 Å². The zero-order valence-corrected chi connectivity index (χ0v) is 14.6. The molecule has 2 aliphatic rings. The zero-order valence-electron chi connectivity index (χ0n) is 14.6. The molecule has 2 unspecified atom stereocenters. The van der Waals surface area contributed by atoms with E-state index in [0.29, 0.717) is 18.3 Å². The monoisotopic (exact) mass is 336 g/mol. The van der Waals surface area contributed by atoms with E-state index in [4.69, 9.17) is 9.15 Å². The summed E-state index contributed by atoms with van der Waals surface area (Å²) in [4.78, 5) is 9.15. The van der Waals surface area contributed by atoms with Gasteiger partial charge in [0.2, 0.25) is 0 Å². The van der Waals surface area contributed by atoms with Crippen LogP contribution in [0.3, 0.4) is 0 Å². The number of nitrogens with zero attached hydrogens (tertiary/aromatic N) is 3. The Bertz CT molecular complexity index is 538. The van der Waals surface area contributed by atoms with Crippen LogP contribution in [0.25, 0.3) is 0 Å². The van der Waals surface area contributed by atoms with Crippen molar-refractivity contribution in [1.82, 2.24) is 15.1 Å².